The maximum atomic E-state index is 5.58. The van der Waals surface area contributed by atoms with Crippen LogP contribution in [0.3, 0.4) is 0 Å². The highest BCUT2D eigenvalue weighted by Gasteiger charge is 2.00. The van der Waals surface area contributed by atoms with Gasteiger partial charge in [0, 0.05) is 0 Å². The summed E-state index contributed by atoms with van der Waals surface area (Å²) in [5, 5.41) is 0.215. The van der Waals surface area contributed by atoms with E-state index < -0.39 is 0 Å². The second kappa shape index (κ2) is 4.28. The third-order valence-corrected chi connectivity index (χ3v) is 2.11. The van der Waals surface area contributed by atoms with Gasteiger partial charge in [-0.2, -0.15) is 0 Å². The third kappa shape index (κ3) is 2.44. The summed E-state index contributed by atoms with van der Waals surface area (Å²) in [6.45, 7) is 1.98. The lowest BCUT2D eigenvalue weighted by molar-refractivity contribution is 0.474. The van der Waals surface area contributed by atoms with Crippen molar-refractivity contribution in [2.24, 2.45) is 0 Å². The summed E-state index contributed by atoms with van der Waals surface area (Å²) in [5.41, 5.74) is 1.06. The van der Waals surface area contributed by atoms with Gasteiger partial charge in [0.15, 0.2) is 5.75 Å². The van der Waals surface area contributed by atoms with Crippen LogP contribution in [0.4, 0.5) is 0 Å². The summed E-state index contributed by atoms with van der Waals surface area (Å²) in [5.74, 6) is 1.37. The van der Waals surface area contributed by atoms with E-state index >= 15 is 0 Å². The number of hydrogen-bond donors (Lipinski definition) is 0. The number of halogens is 1. The zero-order chi connectivity index (χ0) is 10.7. The van der Waals surface area contributed by atoms with E-state index in [0.29, 0.717) is 5.75 Å². The van der Waals surface area contributed by atoms with Crippen molar-refractivity contribution in [3.05, 3.63) is 47.5 Å². The molecule has 0 unspecified atom stereocenters. The fraction of sp³-hybridized carbons (Fsp3) is 0.0909. The van der Waals surface area contributed by atoms with Crippen molar-refractivity contribution in [1.29, 1.82) is 0 Å². The van der Waals surface area contributed by atoms with Gasteiger partial charge in [0.1, 0.15) is 5.75 Å². The van der Waals surface area contributed by atoms with Crippen LogP contribution < -0.4 is 4.74 Å². The molecule has 0 saturated carbocycles. The Morgan fingerprint density at radius 2 is 1.80 bits per heavy atom. The SMILES string of the molecule is Cc1ccccc1Oc1cnc(Cl)nc1. The Labute approximate surface area is 92.7 Å². The molecule has 1 heterocycles. The van der Waals surface area contributed by atoms with E-state index in [9.17, 15) is 0 Å². The average Bonchev–Trinajstić information content (AvgIpc) is 2.25. The quantitative estimate of drug-likeness (QED) is 0.729. The largest absolute Gasteiger partial charge is 0.454 e. The van der Waals surface area contributed by atoms with Crippen molar-refractivity contribution < 1.29 is 4.74 Å². The van der Waals surface area contributed by atoms with Crippen molar-refractivity contribution >= 4 is 11.6 Å². The Bertz CT molecular complexity index is 456. The molecule has 3 nitrogen and oxygen atoms in total. The van der Waals surface area contributed by atoms with E-state index in [-0.39, 0.29) is 5.28 Å². The second-order valence-electron chi connectivity index (χ2n) is 3.06. The fourth-order valence-corrected chi connectivity index (χ4v) is 1.25. The van der Waals surface area contributed by atoms with Crippen LogP contribution in [0.15, 0.2) is 36.7 Å². The molecule has 76 valence electrons. The summed E-state index contributed by atoms with van der Waals surface area (Å²) in [6, 6.07) is 7.75. The Morgan fingerprint density at radius 3 is 2.47 bits per heavy atom. The molecule has 0 N–H and O–H groups in total. The fourth-order valence-electron chi connectivity index (χ4n) is 1.15. The predicted molar refractivity (Wildman–Crippen MR) is 58.3 cm³/mol. The maximum absolute atomic E-state index is 5.58. The van der Waals surface area contributed by atoms with Gasteiger partial charge in [0.2, 0.25) is 5.28 Å². The lowest BCUT2D eigenvalue weighted by atomic mass is 10.2. The van der Waals surface area contributed by atoms with Crippen molar-refractivity contribution in [2.45, 2.75) is 6.92 Å². The summed E-state index contributed by atoms with van der Waals surface area (Å²) in [6.07, 6.45) is 3.09. The van der Waals surface area contributed by atoms with Gasteiger partial charge in [-0.15, -0.1) is 0 Å². The van der Waals surface area contributed by atoms with Gasteiger partial charge in [0.25, 0.3) is 0 Å². The minimum Gasteiger partial charge on any atom is -0.454 e. The van der Waals surface area contributed by atoms with E-state index in [1.54, 1.807) is 12.4 Å². The van der Waals surface area contributed by atoms with Crippen LogP contribution in [0.25, 0.3) is 0 Å². The predicted octanol–water partition coefficient (Wildman–Crippen LogP) is 3.23. The molecule has 0 aliphatic heterocycles. The van der Waals surface area contributed by atoms with E-state index in [2.05, 4.69) is 9.97 Å². The monoisotopic (exact) mass is 220 g/mol. The highest BCUT2D eigenvalue weighted by Crippen LogP contribution is 2.23. The molecular weight excluding hydrogens is 212 g/mol. The third-order valence-electron chi connectivity index (χ3n) is 1.92. The van der Waals surface area contributed by atoms with Gasteiger partial charge in [-0.3, -0.25) is 0 Å². The first-order chi connectivity index (χ1) is 7.25. The molecule has 4 heteroatoms. The summed E-state index contributed by atoms with van der Waals surface area (Å²) < 4.78 is 5.58. The molecule has 0 amide bonds. The molecule has 0 atom stereocenters. The summed E-state index contributed by atoms with van der Waals surface area (Å²) >= 11 is 5.57. The van der Waals surface area contributed by atoms with E-state index in [1.807, 2.05) is 31.2 Å². The lowest BCUT2D eigenvalue weighted by Crippen LogP contribution is -1.89. The highest BCUT2D eigenvalue weighted by atomic mass is 35.5. The van der Waals surface area contributed by atoms with Crippen LogP contribution in [-0.4, -0.2) is 9.97 Å². The first-order valence-corrected chi connectivity index (χ1v) is 4.84. The topological polar surface area (TPSA) is 35.0 Å². The molecule has 15 heavy (non-hydrogen) atoms. The lowest BCUT2D eigenvalue weighted by Gasteiger charge is -2.06. The van der Waals surface area contributed by atoms with Crippen molar-refractivity contribution in [3.63, 3.8) is 0 Å². The van der Waals surface area contributed by atoms with Crippen LogP contribution in [-0.2, 0) is 0 Å². The molecule has 0 saturated heterocycles. The second-order valence-corrected chi connectivity index (χ2v) is 3.39. The standard InChI is InChI=1S/C11H9ClN2O/c1-8-4-2-3-5-10(8)15-9-6-13-11(12)14-7-9/h2-7H,1H3. The molecule has 0 radical (unpaired) electrons. The van der Waals surface area contributed by atoms with Crippen LogP contribution in [0.1, 0.15) is 5.56 Å². The highest BCUT2D eigenvalue weighted by molar-refractivity contribution is 6.28. The number of aryl methyl sites for hydroxylation is 1. The molecule has 1 aromatic carbocycles. The van der Waals surface area contributed by atoms with Crippen molar-refractivity contribution in [3.8, 4) is 11.5 Å². The van der Waals surface area contributed by atoms with E-state index in [1.165, 1.54) is 0 Å². The molecule has 2 aromatic rings. The molecule has 1 aromatic heterocycles. The number of aromatic nitrogens is 2. The normalized spacial score (nSPS) is 10.0. The average molecular weight is 221 g/mol. The zero-order valence-corrected chi connectivity index (χ0v) is 8.90. The van der Waals surface area contributed by atoms with Gasteiger partial charge in [0.05, 0.1) is 12.4 Å². The Morgan fingerprint density at radius 1 is 1.13 bits per heavy atom. The van der Waals surface area contributed by atoms with E-state index in [0.717, 1.165) is 11.3 Å². The molecule has 0 bridgehead atoms. The number of nitrogens with zero attached hydrogens (tertiary/aromatic N) is 2. The summed E-state index contributed by atoms with van der Waals surface area (Å²) in [7, 11) is 0. The van der Waals surface area contributed by atoms with Gasteiger partial charge in [-0.05, 0) is 30.2 Å². The number of rotatable bonds is 2. The molecular formula is C11H9ClN2O. The Hall–Kier alpha value is -1.61. The number of hydrogen-bond acceptors (Lipinski definition) is 3. The van der Waals surface area contributed by atoms with Gasteiger partial charge < -0.3 is 4.74 Å². The molecule has 0 spiro atoms. The van der Waals surface area contributed by atoms with Crippen LogP contribution in [0.5, 0.6) is 11.5 Å². The number of para-hydroxylation sites is 1. The van der Waals surface area contributed by atoms with Crippen LogP contribution in [0, 0.1) is 6.92 Å². The molecule has 2 rings (SSSR count). The smallest absolute Gasteiger partial charge is 0.222 e. The number of ether oxygens (including phenoxy) is 1. The summed E-state index contributed by atoms with van der Waals surface area (Å²) in [4.78, 5) is 7.67. The van der Waals surface area contributed by atoms with Gasteiger partial charge in [-0.1, -0.05) is 18.2 Å². The van der Waals surface area contributed by atoms with Gasteiger partial charge >= 0.3 is 0 Å². The van der Waals surface area contributed by atoms with Crippen LogP contribution >= 0.6 is 11.6 Å². The minimum absolute atomic E-state index is 0.215. The van der Waals surface area contributed by atoms with Crippen LogP contribution in [0.2, 0.25) is 5.28 Å². The Kier molecular flexibility index (Phi) is 2.83. The molecule has 0 aliphatic rings. The van der Waals surface area contributed by atoms with Gasteiger partial charge in [-0.25, -0.2) is 9.97 Å². The maximum Gasteiger partial charge on any atom is 0.222 e. The van der Waals surface area contributed by atoms with Crippen molar-refractivity contribution in [1.82, 2.24) is 9.97 Å². The van der Waals surface area contributed by atoms with E-state index in [4.69, 9.17) is 16.3 Å². The molecule has 0 fully saturated rings. The first-order valence-electron chi connectivity index (χ1n) is 4.47. The molecule has 0 aliphatic carbocycles. The minimum atomic E-state index is 0.215. The zero-order valence-electron chi connectivity index (χ0n) is 8.14. The Balaban J connectivity index is 2.22. The van der Waals surface area contributed by atoms with Crippen molar-refractivity contribution in [2.75, 3.05) is 0 Å². The first kappa shape index (κ1) is 9.93. The number of benzene rings is 1.